The summed E-state index contributed by atoms with van der Waals surface area (Å²) in [5.41, 5.74) is 1.97. The van der Waals surface area contributed by atoms with E-state index in [0.717, 1.165) is 54.1 Å². The minimum Gasteiger partial charge on any atom is -0.342 e. The van der Waals surface area contributed by atoms with Gasteiger partial charge >= 0.3 is 0 Å². The molecular formula is C17H22N4OS. The van der Waals surface area contributed by atoms with Gasteiger partial charge < -0.3 is 10.2 Å². The third kappa shape index (κ3) is 4.28. The molecule has 1 N–H and O–H groups in total. The highest BCUT2D eigenvalue weighted by atomic mass is 32.1. The Bertz CT molecular complexity index is 677. The summed E-state index contributed by atoms with van der Waals surface area (Å²) < 4.78 is 0. The molecule has 1 aliphatic rings. The maximum atomic E-state index is 12.3. The van der Waals surface area contributed by atoms with Gasteiger partial charge in [-0.05, 0) is 43.4 Å². The highest BCUT2D eigenvalue weighted by Gasteiger charge is 2.21. The van der Waals surface area contributed by atoms with Gasteiger partial charge in [0, 0.05) is 24.7 Å². The van der Waals surface area contributed by atoms with Gasteiger partial charge in [0.2, 0.25) is 5.91 Å². The fraction of sp³-hybridized carbons (Fsp3) is 0.471. The first-order valence-electron chi connectivity index (χ1n) is 8.02. The summed E-state index contributed by atoms with van der Waals surface area (Å²) in [5, 5.41) is 5.92. The van der Waals surface area contributed by atoms with Crippen LogP contribution < -0.4 is 5.32 Å². The van der Waals surface area contributed by atoms with Gasteiger partial charge in [-0.25, -0.2) is 9.97 Å². The molecule has 3 heterocycles. The zero-order valence-electron chi connectivity index (χ0n) is 13.6. The quantitative estimate of drug-likeness (QED) is 0.933. The molecule has 0 aromatic carbocycles. The molecule has 122 valence electrons. The Balaban J connectivity index is 1.57. The number of piperidine rings is 1. The van der Waals surface area contributed by atoms with E-state index >= 15 is 0 Å². The van der Waals surface area contributed by atoms with Crippen LogP contribution >= 0.6 is 11.3 Å². The number of carbonyl (C=O) groups is 1. The zero-order chi connectivity index (χ0) is 16.2. The van der Waals surface area contributed by atoms with Crippen molar-refractivity contribution in [2.45, 2.75) is 33.1 Å². The number of aryl methyl sites for hydroxylation is 1. The predicted octanol–water partition coefficient (Wildman–Crippen LogP) is 3.39. The van der Waals surface area contributed by atoms with Gasteiger partial charge in [-0.2, -0.15) is 0 Å². The van der Waals surface area contributed by atoms with E-state index in [1.807, 2.05) is 29.3 Å². The molecule has 0 spiro atoms. The lowest BCUT2D eigenvalue weighted by Crippen LogP contribution is -2.38. The minimum atomic E-state index is 0.183. The number of amides is 1. The number of carbonyl (C=O) groups excluding carboxylic acids is 1. The van der Waals surface area contributed by atoms with E-state index in [1.165, 1.54) is 11.3 Å². The number of nitrogens with one attached hydrogen (secondary N) is 1. The largest absolute Gasteiger partial charge is 0.342 e. The molecular weight excluding hydrogens is 308 g/mol. The van der Waals surface area contributed by atoms with Crippen LogP contribution in [0.25, 0.3) is 0 Å². The maximum Gasteiger partial charge on any atom is 0.228 e. The van der Waals surface area contributed by atoms with Crippen LogP contribution in [0.3, 0.4) is 0 Å². The van der Waals surface area contributed by atoms with Crippen molar-refractivity contribution in [2.75, 3.05) is 18.4 Å². The van der Waals surface area contributed by atoms with Crippen LogP contribution in [-0.2, 0) is 11.2 Å². The molecule has 1 saturated heterocycles. The number of likely N-dealkylation sites (tertiary alicyclic amines) is 1. The Kier molecular flexibility index (Phi) is 4.91. The minimum absolute atomic E-state index is 0.183. The smallest absolute Gasteiger partial charge is 0.228 e. The van der Waals surface area contributed by atoms with E-state index in [-0.39, 0.29) is 5.91 Å². The lowest BCUT2D eigenvalue weighted by Gasteiger charge is -2.30. The first kappa shape index (κ1) is 15.9. The Labute approximate surface area is 140 Å². The van der Waals surface area contributed by atoms with Gasteiger partial charge in [0.05, 0.1) is 12.1 Å². The summed E-state index contributed by atoms with van der Waals surface area (Å²) in [4.78, 5) is 23.1. The summed E-state index contributed by atoms with van der Waals surface area (Å²) in [7, 11) is 0. The number of rotatable bonds is 4. The van der Waals surface area contributed by atoms with Gasteiger partial charge in [0.1, 0.15) is 5.82 Å². The van der Waals surface area contributed by atoms with Crippen molar-refractivity contribution in [2.24, 2.45) is 5.92 Å². The number of nitrogens with zero attached hydrogens (tertiary/aromatic N) is 3. The van der Waals surface area contributed by atoms with E-state index in [4.69, 9.17) is 0 Å². The maximum absolute atomic E-state index is 12.3. The van der Waals surface area contributed by atoms with Crippen LogP contribution in [0.5, 0.6) is 0 Å². The fourth-order valence-corrected chi connectivity index (χ4v) is 3.40. The number of hydrogen-bond acceptors (Lipinski definition) is 5. The third-order valence-corrected chi connectivity index (χ3v) is 4.98. The molecule has 3 rings (SSSR count). The molecule has 6 heteroatoms. The fourth-order valence-electron chi connectivity index (χ4n) is 2.68. The zero-order valence-corrected chi connectivity index (χ0v) is 14.4. The van der Waals surface area contributed by atoms with Crippen LogP contribution in [0.15, 0.2) is 23.7 Å². The SMILES string of the molecule is Cc1ccnc(Nc2nc(CC(=O)N3CCC(C)CC3)cs2)c1. The summed E-state index contributed by atoms with van der Waals surface area (Å²) in [6.07, 6.45) is 4.37. The summed E-state index contributed by atoms with van der Waals surface area (Å²) in [6, 6.07) is 3.93. The molecule has 0 radical (unpaired) electrons. The van der Waals surface area contributed by atoms with Gasteiger partial charge in [-0.3, -0.25) is 4.79 Å². The van der Waals surface area contributed by atoms with Crippen molar-refractivity contribution >= 4 is 28.2 Å². The number of pyridine rings is 1. The number of aromatic nitrogens is 2. The molecule has 2 aromatic heterocycles. The highest BCUT2D eigenvalue weighted by molar-refractivity contribution is 7.13. The van der Waals surface area contributed by atoms with Crippen LogP contribution in [0.4, 0.5) is 10.9 Å². The molecule has 1 amide bonds. The molecule has 1 fully saturated rings. The van der Waals surface area contributed by atoms with Crippen molar-refractivity contribution in [1.82, 2.24) is 14.9 Å². The lowest BCUT2D eigenvalue weighted by molar-refractivity contribution is -0.131. The topological polar surface area (TPSA) is 58.1 Å². The standard InChI is InChI=1S/C17H22N4OS/c1-12-4-7-21(8-5-12)16(22)10-14-11-23-17(19-14)20-15-9-13(2)3-6-18-15/h3,6,9,11-12H,4-5,7-8,10H2,1-2H3,(H,18,19,20). The Morgan fingerprint density at radius 2 is 2.22 bits per heavy atom. The van der Waals surface area contributed by atoms with Gasteiger partial charge in [-0.15, -0.1) is 11.3 Å². The van der Waals surface area contributed by atoms with Gasteiger partial charge in [0.15, 0.2) is 5.13 Å². The molecule has 0 aliphatic carbocycles. The molecule has 0 atom stereocenters. The van der Waals surface area contributed by atoms with Crippen molar-refractivity contribution in [3.8, 4) is 0 Å². The number of anilines is 2. The molecule has 1 aliphatic heterocycles. The van der Waals surface area contributed by atoms with E-state index in [1.54, 1.807) is 6.20 Å². The molecule has 0 saturated carbocycles. The Hall–Kier alpha value is -1.95. The van der Waals surface area contributed by atoms with E-state index < -0.39 is 0 Å². The third-order valence-electron chi connectivity index (χ3n) is 4.17. The first-order chi connectivity index (χ1) is 11.1. The molecule has 0 unspecified atom stereocenters. The average Bonchev–Trinajstić information content (AvgIpc) is 2.95. The molecule has 2 aromatic rings. The van der Waals surface area contributed by atoms with Crippen LogP contribution in [0.2, 0.25) is 0 Å². The second kappa shape index (κ2) is 7.08. The second-order valence-corrected chi connectivity index (χ2v) is 7.09. The first-order valence-corrected chi connectivity index (χ1v) is 8.90. The second-order valence-electron chi connectivity index (χ2n) is 6.23. The average molecular weight is 330 g/mol. The number of thiazole rings is 1. The van der Waals surface area contributed by atoms with Crippen LogP contribution in [-0.4, -0.2) is 33.9 Å². The molecule has 5 nitrogen and oxygen atoms in total. The Morgan fingerprint density at radius 1 is 1.43 bits per heavy atom. The predicted molar refractivity (Wildman–Crippen MR) is 93.1 cm³/mol. The summed E-state index contributed by atoms with van der Waals surface area (Å²) in [5.74, 6) is 1.70. The summed E-state index contributed by atoms with van der Waals surface area (Å²) >= 11 is 1.51. The van der Waals surface area contributed by atoms with Gasteiger partial charge in [0.25, 0.3) is 0 Å². The summed E-state index contributed by atoms with van der Waals surface area (Å²) in [6.45, 7) is 6.03. The van der Waals surface area contributed by atoms with Crippen molar-refractivity contribution in [1.29, 1.82) is 0 Å². The number of hydrogen-bond donors (Lipinski definition) is 1. The van der Waals surface area contributed by atoms with E-state index in [2.05, 4.69) is 22.2 Å². The lowest BCUT2D eigenvalue weighted by atomic mass is 9.99. The van der Waals surface area contributed by atoms with E-state index in [0.29, 0.717) is 6.42 Å². The highest BCUT2D eigenvalue weighted by Crippen LogP contribution is 2.22. The van der Waals surface area contributed by atoms with E-state index in [9.17, 15) is 4.79 Å². The normalized spacial score (nSPS) is 15.7. The molecule has 23 heavy (non-hydrogen) atoms. The van der Waals surface area contributed by atoms with Gasteiger partial charge in [-0.1, -0.05) is 6.92 Å². The van der Waals surface area contributed by atoms with Crippen LogP contribution in [0.1, 0.15) is 31.0 Å². The van der Waals surface area contributed by atoms with Crippen molar-refractivity contribution in [3.63, 3.8) is 0 Å². The van der Waals surface area contributed by atoms with Crippen molar-refractivity contribution < 1.29 is 4.79 Å². The Morgan fingerprint density at radius 3 is 2.96 bits per heavy atom. The van der Waals surface area contributed by atoms with Crippen molar-refractivity contribution in [3.05, 3.63) is 35.0 Å². The van der Waals surface area contributed by atoms with Crippen LogP contribution in [0, 0.1) is 12.8 Å². The monoisotopic (exact) mass is 330 g/mol. The molecule has 0 bridgehead atoms.